The van der Waals surface area contributed by atoms with Gasteiger partial charge in [0.05, 0.1) is 26.4 Å². The number of hydrogen-bond donors (Lipinski definition) is 3. The van der Waals surface area contributed by atoms with Crippen LogP contribution in [0.2, 0.25) is 0 Å². The second-order valence-corrected chi connectivity index (χ2v) is 31.0. The van der Waals surface area contributed by atoms with Gasteiger partial charge in [0.15, 0.2) is 12.2 Å². The van der Waals surface area contributed by atoms with Crippen LogP contribution in [-0.4, -0.2) is 96.7 Å². The Morgan fingerprint density at radius 3 is 0.755 bits per heavy atom. The molecule has 0 aromatic rings. The van der Waals surface area contributed by atoms with Gasteiger partial charge < -0.3 is 33.8 Å². The Labute approximate surface area is 622 Å². The van der Waals surface area contributed by atoms with Crippen LogP contribution in [0.3, 0.4) is 0 Å². The topological polar surface area (TPSA) is 237 Å². The number of carbonyl (C=O) groups is 4. The molecule has 0 radical (unpaired) electrons. The van der Waals surface area contributed by atoms with Gasteiger partial charge in [-0.1, -0.05) is 307 Å². The highest BCUT2D eigenvalue weighted by molar-refractivity contribution is 7.47. The van der Waals surface area contributed by atoms with E-state index in [4.69, 9.17) is 37.0 Å². The Balaban J connectivity index is 5.34. The molecule has 0 aliphatic heterocycles. The average molecular weight is 1480 g/mol. The summed E-state index contributed by atoms with van der Waals surface area (Å²) in [6.07, 6.45) is 76.1. The molecule has 0 saturated heterocycles. The van der Waals surface area contributed by atoms with E-state index in [2.05, 4.69) is 88.5 Å². The van der Waals surface area contributed by atoms with Crippen molar-refractivity contribution < 1.29 is 80.2 Å². The molecule has 596 valence electrons. The lowest BCUT2D eigenvalue weighted by Crippen LogP contribution is -2.30. The van der Waals surface area contributed by atoms with Gasteiger partial charge in [-0.05, 0) is 116 Å². The summed E-state index contributed by atoms with van der Waals surface area (Å²) in [4.78, 5) is 73.1. The lowest BCUT2D eigenvalue weighted by atomic mass is 10.0. The number of ether oxygens (including phenoxy) is 4. The van der Waals surface area contributed by atoms with Crippen LogP contribution in [0.4, 0.5) is 0 Å². The van der Waals surface area contributed by atoms with Gasteiger partial charge in [-0.25, -0.2) is 9.13 Å². The molecule has 5 atom stereocenters. The standard InChI is InChI=1S/C83H152O17P2/c1-5-9-13-17-21-25-29-33-37-38-42-44-48-52-56-60-64-68-81(86)94-74-79(100-83(88)70-66-62-58-54-50-46-41-36-32-28-24-20-16-12-8-4)76-98-102(91,92)96-72-77(84)71-95-101(89,90)97-75-78(99-82(87)69-65-61-57-53-49-45-40-35-31-27-23-19-15-11-7-3)73-93-80(85)67-63-59-55-51-47-43-39-34-30-26-22-18-14-10-6-2/h22,24,26,28,34-36,39-41,77-79,84H,5-21,23,25,27,29-33,37-38,42-76H2,1-4H3,(H,89,90)(H,91,92)/b26-22-,28-24-,39-34-,40-35-,41-36-/t77-,78-,79-/m1/s1. The fourth-order valence-corrected chi connectivity index (χ4v) is 13.2. The predicted octanol–water partition coefficient (Wildman–Crippen LogP) is 24.2. The summed E-state index contributed by atoms with van der Waals surface area (Å²) in [5.41, 5.74) is 0. The molecule has 0 heterocycles. The van der Waals surface area contributed by atoms with Gasteiger partial charge >= 0.3 is 39.5 Å². The minimum atomic E-state index is -4.98. The van der Waals surface area contributed by atoms with Crippen molar-refractivity contribution in [2.45, 2.75) is 406 Å². The molecule has 0 amide bonds. The second-order valence-electron chi connectivity index (χ2n) is 28.1. The van der Waals surface area contributed by atoms with Crippen LogP contribution in [-0.2, 0) is 65.4 Å². The zero-order valence-corrected chi connectivity index (χ0v) is 67.1. The van der Waals surface area contributed by atoms with E-state index < -0.39 is 97.5 Å². The van der Waals surface area contributed by atoms with E-state index in [9.17, 15) is 43.2 Å². The molecule has 19 heteroatoms. The van der Waals surface area contributed by atoms with E-state index in [1.807, 2.05) is 0 Å². The van der Waals surface area contributed by atoms with Crippen molar-refractivity contribution >= 4 is 39.5 Å². The molecule has 0 bridgehead atoms. The molecule has 0 aliphatic rings. The fraction of sp³-hybridized carbons (Fsp3) is 0.831. The van der Waals surface area contributed by atoms with Crippen molar-refractivity contribution in [2.75, 3.05) is 39.6 Å². The number of phosphoric ester groups is 2. The highest BCUT2D eigenvalue weighted by atomic mass is 31.2. The normalized spacial score (nSPS) is 14.1. The molecule has 0 aromatic heterocycles. The van der Waals surface area contributed by atoms with Gasteiger partial charge in [-0.2, -0.15) is 0 Å². The highest BCUT2D eigenvalue weighted by Gasteiger charge is 2.30. The van der Waals surface area contributed by atoms with Gasteiger partial charge in [0, 0.05) is 25.7 Å². The van der Waals surface area contributed by atoms with Crippen LogP contribution >= 0.6 is 15.6 Å². The summed E-state index contributed by atoms with van der Waals surface area (Å²) in [7, 11) is -9.95. The molecule has 2 unspecified atom stereocenters. The molecule has 0 spiro atoms. The van der Waals surface area contributed by atoms with Crippen LogP contribution in [0.5, 0.6) is 0 Å². The minimum absolute atomic E-state index is 0.0840. The molecular formula is C83H152O17P2. The average Bonchev–Trinajstić information content (AvgIpc) is 0.926. The van der Waals surface area contributed by atoms with E-state index in [-0.39, 0.29) is 25.7 Å². The number of phosphoric acid groups is 2. The molecule has 0 aromatic carbocycles. The van der Waals surface area contributed by atoms with Crippen molar-refractivity contribution in [2.24, 2.45) is 0 Å². The Morgan fingerprint density at radius 2 is 0.480 bits per heavy atom. The Hall–Kier alpha value is -3.24. The summed E-state index contributed by atoms with van der Waals surface area (Å²) in [5, 5.41) is 10.6. The van der Waals surface area contributed by atoms with Crippen LogP contribution in [0.15, 0.2) is 60.8 Å². The van der Waals surface area contributed by atoms with Crippen LogP contribution in [0, 0.1) is 0 Å². The van der Waals surface area contributed by atoms with E-state index in [0.717, 1.165) is 148 Å². The Kier molecular flexibility index (Phi) is 73.6. The summed E-state index contributed by atoms with van der Waals surface area (Å²) in [6, 6.07) is 0. The molecule has 0 fully saturated rings. The maximum atomic E-state index is 13.1. The van der Waals surface area contributed by atoms with Gasteiger partial charge in [0.1, 0.15) is 19.3 Å². The van der Waals surface area contributed by atoms with Crippen molar-refractivity contribution in [3.8, 4) is 0 Å². The van der Waals surface area contributed by atoms with Crippen LogP contribution in [0.25, 0.3) is 0 Å². The maximum absolute atomic E-state index is 13.1. The third-order valence-electron chi connectivity index (χ3n) is 18.0. The first kappa shape index (κ1) is 98.8. The lowest BCUT2D eigenvalue weighted by molar-refractivity contribution is -0.161. The van der Waals surface area contributed by atoms with Crippen LogP contribution in [0.1, 0.15) is 387 Å². The van der Waals surface area contributed by atoms with E-state index in [1.165, 1.54) is 161 Å². The second kappa shape index (κ2) is 76.0. The maximum Gasteiger partial charge on any atom is 0.472 e. The first-order chi connectivity index (χ1) is 49.7. The molecular weight excluding hydrogens is 1330 g/mol. The van der Waals surface area contributed by atoms with Gasteiger partial charge in [0.25, 0.3) is 0 Å². The summed E-state index contributed by atoms with van der Waals surface area (Å²) in [5.74, 6) is -2.18. The molecule has 0 rings (SSSR count). The molecule has 0 aliphatic carbocycles. The third-order valence-corrected chi connectivity index (χ3v) is 19.9. The lowest BCUT2D eigenvalue weighted by Gasteiger charge is -2.21. The number of carbonyl (C=O) groups excluding carboxylic acids is 4. The van der Waals surface area contributed by atoms with Gasteiger partial charge in [0.2, 0.25) is 0 Å². The SMILES string of the molecule is CCCCC/C=C\C/C=C\CCCCCCCC(=O)OC[C@H](COP(=O)(O)OC[C@@H](O)COP(=O)(O)OC[C@@H](COC(=O)CCCCCCCCCCCCCCCCCCC)OC(=O)CCCCCCC/C=C\C/C=C\CCCCC)OC(=O)CCCCCCC/C=C\CCCCCCCC. The van der Waals surface area contributed by atoms with Crippen molar-refractivity contribution in [1.29, 1.82) is 0 Å². The number of unbranched alkanes of at least 4 members (excludes halogenated alkanes) is 43. The first-order valence-corrected chi connectivity index (χ1v) is 44.5. The minimum Gasteiger partial charge on any atom is -0.462 e. The molecule has 3 N–H and O–H groups in total. The molecule has 17 nitrogen and oxygen atoms in total. The van der Waals surface area contributed by atoms with Crippen molar-refractivity contribution in [1.82, 2.24) is 0 Å². The number of aliphatic hydroxyl groups excluding tert-OH is 1. The van der Waals surface area contributed by atoms with Crippen LogP contribution < -0.4 is 0 Å². The van der Waals surface area contributed by atoms with E-state index in [0.29, 0.717) is 25.7 Å². The summed E-state index contributed by atoms with van der Waals surface area (Å²) >= 11 is 0. The van der Waals surface area contributed by atoms with Crippen molar-refractivity contribution in [3.05, 3.63) is 60.8 Å². The predicted molar refractivity (Wildman–Crippen MR) is 418 cm³/mol. The Bertz CT molecular complexity index is 2170. The number of esters is 4. The summed E-state index contributed by atoms with van der Waals surface area (Å²) < 4.78 is 68.7. The van der Waals surface area contributed by atoms with Crippen molar-refractivity contribution in [3.63, 3.8) is 0 Å². The number of aliphatic hydroxyl groups is 1. The zero-order chi connectivity index (χ0) is 74.6. The van der Waals surface area contributed by atoms with Gasteiger partial charge in [-0.3, -0.25) is 37.3 Å². The zero-order valence-electron chi connectivity index (χ0n) is 65.3. The fourth-order valence-electron chi connectivity index (χ4n) is 11.6. The van der Waals surface area contributed by atoms with E-state index in [1.54, 1.807) is 0 Å². The quantitative estimate of drug-likeness (QED) is 0.0169. The molecule has 102 heavy (non-hydrogen) atoms. The monoisotopic (exact) mass is 1480 g/mol. The smallest absolute Gasteiger partial charge is 0.462 e. The first-order valence-electron chi connectivity index (χ1n) is 41.5. The van der Waals surface area contributed by atoms with E-state index >= 15 is 0 Å². The number of rotatable bonds is 79. The number of allylic oxidation sites excluding steroid dienone is 10. The number of hydrogen-bond acceptors (Lipinski definition) is 15. The Morgan fingerprint density at radius 1 is 0.275 bits per heavy atom. The third kappa shape index (κ3) is 75.0. The largest absolute Gasteiger partial charge is 0.472 e. The summed E-state index contributed by atoms with van der Waals surface area (Å²) in [6.45, 7) is 4.87. The molecule has 0 saturated carbocycles. The highest BCUT2D eigenvalue weighted by Crippen LogP contribution is 2.45. The van der Waals surface area contributed by atoms with Gasteiger partial charge in [-0.15, -0.1) is 0 Å².